The molecule has 3 atom stereocenters. The number of hydrogen-bond acceptors (Lipinski definition) is 5. The van der Waals surface area contributed by atoms with Gasteiger partial charge in [-0.15, -0.1) is 0 Å². The molecule has 0 radical (unpaired) electrons. The number of aryl methyl sites for hydroxylation is 2. The molecule has 0 aliphatic carbocycles. The van der Waals surface area contributed by atoms with E-state index in [1.807, 2.05) is 26.8 Å². The van der Waals surface area contributed by atoms with Gasteiger partial charge in [-0.05, 0) is 73.2 Å². The molecule has 7 nitrogen and oxygen atoms in total. The predicted octanol–water partition coefficient (Wildman–Crippen LogP) is 8.91. The molecule has 46 heavy (non-hydrogen) atoms. The summed E-state index contributed by atoms with van der Waals surface area (Å²) in [5, 5.41) is 3.59. The third-order valence-electron chi connectivity index (χ3n) is 8.18. The highest BCUT2D eigenvalue weighted by molar-refractivity contribution is 6.31. The van der Waals surface area contributed by atoms with Gasteiger partial charge in [0.05, 0.1) is 34.8 Å². The molecule has 10 heteroatoms. The number of fused-ring (bicyclic) bond motifs is 1. The monoisotopic (exact) mass is 668 g/mol. The first-order valence-corrected chi connectivity index (χ1v) is 16.4. The molecule has 2 unspecified atom stereocenters. The summed E-state index contributed by atoms with van der Waals surface area (Å²) >= 11 is 12.5. The van der Waals surface area contributed by atoms with Crippen molar-refractivity contribution in [3.63, 3.8) is 0 Å². The van der Waals surface area contributed by atoms with Gasteiger partial charge in [-0.3, -0.25) is 9.69 Å². The van der Waals surface area contributed by atoms with Crippen LogP contribution in [0.1, 0.15) is 75.1 Å². The van der Waals surface area contributed by atoms with Crippen LogP contribution in [0.15, 0.2) is 60.7 Å². The maximum atomic E-state index is 15.6. The predicted molar refractivity (Wildman–Crippen MR) is 184 cm³/mol. The summed E-state index contributed by atoms with van der Waals surface area (Å²) in [7, 11) is 1.35. The number of aromatic nitrogens is 2. The van der Waals surface area contributed by atoms with Gasteiger partial charge in [0.25, 0.3) is 0 Å². The summed E-state index contributed by atoms with van der Waals surface area (Å²) in [6.45, 7) is 13.6. The third kappa shape index (κ3) is 7.91. The number of nitrogens with zero attached hydrogens (tertiary/aromatic N) is 3. The molecule has 0 bridgehead atoms. The summed E-state index contributed by atoms with van der Waals surface area (Å²) in [6, 6.07) is 16.7. The second-order valence-electron chi connectivity index (χ2n) is 12.6. The van der Waals surface area contributed by atoms with E-state index in [1.165, 1.54) is 13.2 Å². The number of anilines is 1. The van der Waals surface area contributed by atoms with E-state index < -0.39 is 23.7 Å². The van der Waals surface area contributed by atoms with Gasteiger partial charge in [-0.25, -0.2) is 14.2 Å². The van der Waals surface area contributed by atoms with Crippen molar-refractivity contribution < 1.29 is 18.7 Å². The van der Waals surface area contributed by atoms with E-state index in [9.17, 15) is 9.59 Å². The van der Waals surface area contributed by atoms with E-state index >= 15 is 4.39 Å². The molecule has 1 aliphatic rings. The molecule has 4 aromatic rings. The Morgan fingerprint density at radius 3 is 2.46 bits per heavy atom. The smallest absolute Gasteiger partial charge is 0.337 e. The Balaban J connectivity index is 0.00000235. The normalized spacial score (nSPS) is 18.3. The van der Waals surface area contributed by atoms with E-state index in [0.717, 1.165) is 11.3 Å². The number of nitrogens with one attached hydrogen (secondary N) is 1. The SMILES string of the molecule is CC.COC(=O)c1ccc2c(c1)nc(C)n2CC[C@H]1CC(c2cccc(Cl)c2F)C(C(=O)Nc2cccc(Cl)c2)N1CC(C)(C)C. The number of ether oxygens (including phenoxy) is 1. The van der Waals surface area contributed by atoms with E-state index in [-0.39, 0.29) is 22.4 Å². The average molecular weight is 670 g/mol. The van der Waals surface area contributed by atoms with Crippen molar-refractivity contribution in [2.24, 2.45) is 5.41 Å². The third-order valence-corrected chi connectivity index (χ3v) is 8.71. The van der Waals surface area contributed by atoms with Crippen LogP contribution >= 0.6 is 23.2 Å². The molecule has 1 aliphatic heterocycles. The van der Waals surface area contributed by atoms with Crippen LogP contribution in [-0.2, 0) is 16.1 Å². The minimum absolute atomic E-state index is 0.0363. The molecule has 0 saturated carbocycles. The number of carbonyl (C=O) groups excluding carboxylic acids is 2. The first-order chi connectivity index (χ1) is 21.9. The molecule has 246 valence electrons. The molecule has 1 amide bonds. The number of hydrogen-bond donors (Lipinski definition) is 1. The summed E-state index contributed by atoms with van der Waals surface area (Å²) in [5.41, 5.74) is 2.93. The zero-order valence-electron chi connectivity index (χ0n) is 27.5. The Bertz CT molecular complexity index is 1700. The fourth-order valence-electron chi connectivity index (χ4n) is 6.35. The lowest BCUT2D eigenvalue weighted by molar-refractivity contribution is -0.121. The molecule has 5 rings (SSSR count). The fraction of sp³-hybridized carbons (Fsp3) is 0.417. The molecule has 2 heterocycles. The van der Waals surface area contributed by atoms with Gasteiger partial charge in [0.1, 0.15) is 11.6 Å². The van der Waals surface area contributed by atoms with Crippen LogP contribution in [0.3, 0.4) is 0 Å². The van der Waals surface area contributed by atoms with Crippen molar-refractivity contribution in [1.82, 2.24) is 14.5 Å². The van der Waals surface area contributed by atoms with Crippen LogP contribution in [-0.4, -0.2) is 52.1 Å². The van der Waals surface area contributed by atoms with Crippen LogP contribution in [0.2, 0.25) is 10.0 Å². The molecule has 1 saturated heterocycles. The quantitative estimate of drug-likeness (QED) is 0.190. The number of imidazole rings is 1. The minimum Gasteiger partial charge on any atom is -0.465 e. The first kappa shape index (κ1) is 35.4. The number of benzene rings is 3. The Morgan fingerprint density at radius 2 is 1.78 bits per heavy atom. The van der Waals surface area contributed by atoms with E-state index in [2.05, 4.69) is 35.6 Å². The summed E-state index contributed by atoms with van der Waals surface area (Å²) in [5.74, 6) is -0.736. The molecular formula is C36H43Cl2FN4O3. The van der Waals surface area contributed by atoms with Gasteiger partial charge < -0.3 is 14.6 Å². The summed E-state index contributed by atoms with van der Waals surface area (Å²) < 4.78 is 22.6. The van der Waals surface area contributed by atoms with Gasteiger partial charge in [-0.1, -0.05) is 76.0 Å². The van der Waals surface area contributed by atoms with Crippen molar-refractivity contribution in [2.75, 3.05) is 19.0 Å². The molecule has 1 aromatic heterocycles. The Labute approximate surface area is 281 Å². The van der Waals surface area contributed by atoms with Crippen LogP contribution in [0.5, 0.6) is 0 Å². The van der Waals surface area contributed by atoms with E-state index in [4.69, 9.17) is 32.9 Å². The first-order valence-electron chi connectivity index (χ1n) is 15.7. The molecule has 3 aromatic carbocycles. The molecule has 1 fully saturated rings. The number of amides is 1. The second-order valence-corrected chi connectivity index (χ2v) is 13.5. The molecular weight excluding hydrogens is 626 g/mol. The lowest BCUT2D eigenvalue weighted by Crippen LogP contribution is -2.48. The van der Waals surface area contributed by atoms with Crippen molar-refractivity contribution in [2.45, 2.75) is 78.9 Å². The number of rotatable bonds is 8. The van der Waals surface area contributed by atoms with Gasteiger partial charge in [0.15, 0.2) is 0 Å². The standard InChI is InChI=1S/C34H37Cl2FN4O3.C2H6/c1-20-38-28-16-21(33(43)44-5)12-13-29(28)40(20)15-14-24-18-26(25-10-7-11-27(36)30(25)37)31(41(24)19-34(2,3)4)32(42)39-23-9-6-8-22(35)17-23;1-2/h6-13,16-17,24,26,31H,14-15,18-19H2,1-5H3,(H,39,42);1-2H3/t24-,26?,31?;/m0./s1. The number of esters is 1. The number of methoxy groups -OCH3 is 1. The van der Waals surface area contributed by atoms with Crippen molar-refractivity contribution >= 4 is 51.8 Å². The topological polar surface area (TPSA) is 76.5 Å². The van der Waals surface area contributed by atoms with Gasteiger partial charge in [0.2, 0.25) is 5.91 Å². The molecule has 0 spiro atoms. The lowest BCUT2D eigenvalue weighted by atomic mass is 9.89. The highest BCUT2D eigenvalue weighted by Crippen LogP contribution is 2.43. The van der Waals surface area contributed by atoms with Gasteiger partial charge >= 0.3 is 5.97 Å². The van der Waals surface area contributed by atoms with Crippen molar-refractivity contribution in [3.05, 3.63) is 93.5 Å². The number of likely N-dealkylation sites (tertiary alicyclic amines) is 1. The lowest BCUT2D eigenvalue weighted by Gasteiger charge is -2.36. The van der Waals surface area contributed by atoms with Crippen LogP contribution in [0, 0.1) is 18.2 Å². The zero-order chi connectivity index (χ0) is 33.8. The summed E-state index contributed by atoms with van der Waals surface area (Å²) in [4.78, 5) is 33.1. The van der Waals surface area contributed by atoms with Crippen LogP contribution in [0.25, 0.3) is 11.0 Å². The Kier molecular flexibility index (Phi) is 11.5. The Hall–Kier alpha value is -3.46. The van der Waals surface area contributed by atoms with Crippen molar-refractivity contribution in [1.29, 1.82) is 0 Å². The molecule has 1 N–H and O–H groups in total. The average Bonchev–Trinajstić information content (AvgIpc) is 3.52. The Morgan fingerprint density at radius 1 is 1.07 bits per heavy atom. The maximum absolute atomic E-state index is 15.6. The van der Waals surface area contributed by atoms with Crippen LogP contribution < -0.4 is 5.32 Å². The van der Waals surface area contributed by atoms with Gasteiger partial charge in [0, 0.05) is 35.8 Å². The summed E-state index contributed by atoms with van der Waals surface area (Å²) in [6.07, 6.45) is 1.26. The van der Waals surface area contributed by atoms with E-state index in [0.29, 0.717) is 53.3 Å². The maximum Gasteiger partial charge on any atom is 0.337 e. The van der Waals surface area contributed by atoms with Crippen molar-refractivity contribution in [3.8, 4) is 0 Å². The highest BCUT2D eigenvalue weighted by Gasteiger charge is 2.47. The highest BCUT2D eigenvalue weighted by atomic mass is 35.5. The van der Waals surface area contributed by atoms with Crippen LogP contribution in [0.4, 0.5) is 10.1 Å². The van der Waals surface area contributed by atoms with E-state index in [1.54, 1.807) is 48.5 Å². The number of halogens is 3. The minimum atomic E-state index is -0.644. The largest absolute Gasteiger partial charge is 0.465 e. The van der Waals surface area contributed by atoms with Gasteiger partial charge in [-0.2, -0.15) is 0 Å². The number of carbonyl (C=O) groups is 2. The second kappa shape index (κ2) is 15.0. The zero-order valence-corrected chi connectivity index (χ0v) is 29.0. The fourth-order valence-corrected chi connectivity index (χ4v) is 6.72.